The topological polar surface area (TPSA) is 41.6 Å². The van der Waals surface area contributed by atoms with Crippen LogP contribution < -0.4 is 5.73 Å². The van der Waals surface area contributed by atoms with Gasteiger partial charge in [0.15, 0.2) is 5.96 Å². The summed E-state index contributed by atoms with van der Waals surface area (Å²) in [6, 6.07) is 9.13. The van der Waals surface area contributed by atoms with Gasteiger partial charge in [0.1, 0.15) is 11.4 Å². The second kappa shape index (κ2) is 6.79. The molecular weight excluding hydrogens is 369 g/mol. The average Bonchev–Trinajstić information content (AvgIpc) is 3.40. The number of nitrogens with zero attached hydrogens (tertiary/aromatic N) is 2. The third kappa shape index (κ3) is 2.84. The molecule has 5 heteroatoms. The number of benzene rings is 1. The fourth-order valence-corrected chi connectivity index (χ4v) is 5.52. The normalized spacial score (nSPS) is 24.8. The second-order valence-electron chi connectivity index (χ2n) is 7.62. The maximum atomic E-state index is 13.8. The molecule has 2 heterocycles. The minimum atomic E-state index is -0.396. The number of thiophene rings is 1. The van der Waals surface area contributed by atoms with Crippen molar-refractivity contribution in [2.45, 2.75) is 31.7 Å². The van der Waals surface area contributed by atoms with Crippen LogP contribution in [0.2, 0.25) is 0 Å². The van der Waals surface area contributed by atoms with E-state index < -0.39 is 5.54 Å². The molecule has 4 rings (SSSR count). The van der Waals surface area contributed by atoms with Gasteiger partial charge in [-0.1, -0.05) is 25.5 Å². The molecule has 0 bridgehead atoms. The first kappa shape index (κ1) is 18.8. The van der Waals surface area contributed by atoms with Gasteiger partial charge in [-0.2, -0.15) is 0 Å². The van der Waals surface area contributed by atoms with Gasteiger partial charge in [0, 0.05) is 28.4 Å². The van der Waals surface area contributed by atoms with Gasteiger partial charge < -0.3 is 10.6 Å². The van der Waals surface area contributed by atoms with Crippen molar-refractivity contribution in [3.63, 3.8) is 0 Å². The number of aliphatic imine (C=N–C) groups is 1. The lowest BCUT2D eigenvalue weighted by Crippen LogP contribution is -2.49. The van der Waals surface area contributed by atoms with Gasteiger partial charge in [-0.15, -0.1) is 17.8 Å². The molecule has 2 aliphatic rings. The Morgan fingerprint density at radius 3 is 2.79 bits per heavy atom. The first-order valence-electron chi connectivity index (χ1n) is 9.56. The highest BCUT2D eigenvalue weighted by Gasteiger charge is 2.52. The average molecular weight is 394 g/mol. The van der Waals surface area contributed by atoms with E-state index in [9.17, 15) is 4.39 Å². The molecule has 144 valence electrons. The molecule has 1 saturated carbocycles. The predicted molar refractivity (Wildman–Crippen MR) is 114 cm³/mol. The van der Waals surface area contributed by atoms with Crippen molar-refractivity contribution in [3.8, 4) is 22.8 Å². The highest BCUT2D eigenvalue weighted by Crippen LogP contribution is 2.56. The van der Waals surface area contributed by atoms with E-state index in [2.05, 4.69) is 31.6 Å². The van der Waals surface area contributed by atoms with E-state index in [1.807, 2.05) is 11.9 Å². The zero-order valence-corrected chi connectivity index (χ0v) is 17.0. The summed E-state index contributed by atoms with van der Waals surface area (Å²) in [6.07, 6.45) is 8.69. The zero-order chi connectivity index (χ0) is 20.1. The van der Waals surface area contributed by atoms with Gasteiger partial charge in [-0.05, 0) is 55.0 Å². The van der Waals surface area contributed by atoms with Crippen LogP contribution >= 0.6 is 11.3 Å². The molecule has 1 unspecified atom stereocenters. The Kier molecular flexibility index (Phi) is 4.55. The molecule has 1 aliphatic carbocycles. The SMILES string of the molecule is C#Cc1cc(-c2ccc([C@@]3(CC)N=C(N)N(C)C(=C)C3C3CC3)s2)ccc1F. The largest absolute Gasteiger partial charge is 0.370 e. The molecule has 0 spiro atoms. The molecule has 0 saturated heterocycles. The number of nitrogens with two attached hydrogens (primary N) is 1. The molecule has 0 radical (unpaired) electrons. The van der Waals surface area contributed by atoms with E-state index in [-0.39, 0.29) is 17.3 Å². The van der Waals surface area contributed by atoms with Crippen LogP contribution in [0.25, 0.3) is 10.4 Å². The number of terminal acetylenes is 1. The maximum Gasteiger partial charge on any atom is 0.196 e. The molecule has 1 fully saturated rings. The van der Waals surface area contributed by atoms with Crippen molar-refractivity contribution in [2.75, 3.05) is 7.05 Å². The van der Waals surface area contributed by atoms with Gasteiger partial charge in [-0.3, -0.25) is 0 Å². The minimum Gasteiger partial charge on any atom is -0.370 e. The summed E-state index contributed by atoms with van der Waals surface area (Å²) in [5, 5.41) is 0. The predicted octanol–water partition coefficient (Wildman–Crippen LogP) is 4.94. The van der Waals surface area contributed by atoms with Crippen LogP contribution in [0.1, 0.15) is 36.6 Å². The molecule has 28 heavy (non-hydrogen) atoms. The smallest absolute Gasteiger partial charge is 0.196 e. The summed E-state index contributed by atoms with van der Waals surface area (Å²) in [6.45, 7) is 6.53. The first-order valence-corrected chi connectivity index (χ1v) is 10.4. The lowest BCUT2D eigenvalue weighted by molar-refractivity contribution is 0.228. The number of rotatable bonds is 4. The second-order valence-corrected chi connectivity index (χ2v) is 8.70. The van der Waals surface area contributed by atoms with Crippen molar-refractivity contribution in [1.29, 1.82) is 0 Å². The quantitative estimate of drug-likeness (QED) is 0.748. The van der Waals surface area contributed by atoms with E-state index in [0.29, 0.717) is 11.9 Å². The van der Waals surface area contributed by atoms with Gasteiger partial charge in [0.2, 0.25) is 0 Å². The summed E-state index contributed by atoms with van der Waals surface area (Å²) < 4.78 is 13.8. The lowest BCUT2D eigenvalue weighted by atomic mass is 9.74. The van der Waals surface area contributed by atoms with Crippen molar-refractivity contribution in [2.24, 2.45) is 22.6 Å². The van der Waals surface area contributed by atoms with Crippen LogP contribution in [0.15, 0.2) is 47.6 Å². The fraction of sp³-hybridized carbons (Fsp3) is 0.348. The third-order valence-corrected chi connectivity index (χ3v) is 7.33. The van der Waals surface area contributed by atoms with Gasteiger partial charge in [-0.25, -0.2) is 9.38 Å². The number of hydrogen-bond donors (Lipinski definition) is 1. The summed E-state index contributed by atoms with van der Waals surface area (Å²) >= 11 is 1.68. The van der Waals surface area contributed by atoms with Crippen molar-refractivity contribution < 1.29 is 4.39 Å². The Bertz CT molecular complexity index is 1010. The molecule has 1 aromatic heterocycles. The van der Waals surface area contributed by atoms with E-state index in [4.69, 9.17) is 17.1 Å². The van der Waals surface area contributed by atoms with Crippen LogP contribution in [0, 0.1) is 30.0 Å². The van der Waals surface area contributed by atoms with Crippen LogP contribution in [0.4, 0.5) is 4.39 Å². The molecule has 1 aromatic carbocycles. The minimum absolute atomic E-state index is 0.246. The zero-order valence-electron chi connectivity index (χ0n) is 16.2. The molecule has 0 amide bonds. The molecule has 2 atom stereocenters. The Labute approximate surface area is 169 Å². The number of halogens is 1. The van der Waals surface area contributed by atoms with E-state index in [1.54, 1.807) is 23.5 Å². The fourth-order valence-electron chi connectivity index (χ4n) is 4.27. The van der Waals surface area contributed by atoms with Crippen LogP contribution in [-0.4, -0.2) is 17.9 Å². The van der Waals surface area contributed by atoms with Crippen LogP contribution in [-0.2, 0) is 5.54 Å². The Balaban J connectivity index is 1.81. The molecule has 2 N–H and O–H groups in total. The standard InChI is InChI=1S/C23H24FN3S/c1-5-15-13-17(9-10-18(15)24)19-11-12-20(28-19)23(6-2)21(16-7-8-16)14(3)27(4)22(25)26-23/h1,9-13,16,21H,3,6-8H2,2,4H3,(H2,25,26)/t21?,23-/m1/s1. The highest BCUT2D eigenvalue weighted by atomic mass is 32.1. The van der Waals surface area contributed by atoms with Gasteiger partial charge in [0.05, 0.1) is 5.56 Å². The summed E-state index contributed by atoms with van der Waals surface area (Å²) in [5.41, 5.74) is 8.12. The third-order valence-electron chi connectivity index (χ3n) is 6.03. The lowest BCUT2D eigenvalue weighted by Gasteiger charge is -2.45. The molecule has 3 nitrogen and oxygen atoms in total. The summed E-state index contributed by atoms with van der Waals surface area (Å²) in [4.78, 5) is 9.15. The maximum absolute atomic E-state index is 13.8. The van der Waals surface area contributed by atoms with Crippen molar-refractivity contribution >= 4 is 17.3 Å². The Morgan fingerprint density at radius 1 is 1.39 bits per heavy atom. The van der Waals surface area contributed by atoms with E-state index in [0.717, 1.165) is 22.6 Å². The Hall–Kier alpha value is -2.58. The van der Waals surface area contributed by atoms with Crippen LogP contribution in [0.3, 0.4) is 0 Å². The van der Waals surface area contributed by atoms with Crippen molar-refractivity contribution in [1.82, 2.24) is 4.90 Å². The summed E-state index contributed by atoms with van der Waals surface area (Å²) in [5.74, 6) is 3.39. The summed E-state index contributed by atoms with van der Waals surface area (Å²) in [7, 11) is 1.94. The van der Waals surface area contributed by atoms with Crippen LogP contribution in [0.5, 0.6) is 0 Å². The van der Waals surface area contributed by atoms with Gasteiger partial charge in [0.25, 0.3) is 0 Å². The monoisotopic (exact) mass is 393 g/mol. The van der Waals surface area contributed by atoms with Crippen molar-refractivity contribution in [3.05, 3.63) is 58.9 Å². The Morgan fingerprint density at radius 2 is 2.14 bits per heavy atom. The van der Waals surface area contributed by atoms with E-state index >= 15 is 0 Å². The molecule has 2 aromatic rings. The van der Waals surface area contributed by atoms with E-state index in [1.165, 1.54) is 23.8 Å². The number of guanidine groups is 1. The number of hydrogen-bond acceptors (Lipinski definition) is 4. The highest BCUT2D eigenvalue weighted by molar-refractivity contribution is 7.15. The molecule has 1 aliphatic heterocycles. The molecular formula is C23H24FN3S. The first-order chi connectivity index (χ1) is 13.4. The van der Waals surface area contributed by atoms with Gasteiger partial charge >= 0.3 is 0 Å².